The molecular formula is C23H31N3O2. The minimum Gasteiger partial charge on any atom is -0.318 e. The fourth-order valence-electron chi connectivity index (χ4n) is 5.15. The highest BCUT2D eigenvalue weighted by Gasteiger charge is 2.40. The lowest BCUT2D eigenvalue weighted by Crippen LogP contribution is -2.49. The third kappa shape index (κ3) is 3.60. The van der Waals surface area contributed by atoms with Gasteiger partial charge in [0.25, 0.3) is 11.1 Å². The third-order valence-corrected chi connectivity index (χ3v) is 6.51. The van der Waals surface area contributed by atoms with Gasteiger partial charge in [0, 0.05) is 62.2 Å². The van der Waals surface area contributed by atoms with Crippen molar-refractivity contribution in [2.24, 2.45) is 18.9 Å². The average Bonchev–Trinajstić information content (AvgIpc) is 2.65. The summed E-state index contributed by atoms with van der Waals surface area (Å²) in [6.45, 7) is 7.05. The largest absolute Gasteiger partial charge is 0.318 e. The standard InChI is InChI=1S/C23H31N3O2/c1-16(2)9-10-21-19-12-18(20-7-4-8-22(27)26(20)21)14-25(15-19)13-17-6-5-11-24(3)23(17)28/h4-8,11,16,18-19,21H,9-10,12-15H2,1-3H3/t18-,19+,21+/m1/s1. The van der Waals surface area contributed by atoms with E-state index in [0.717, 1.165) is 37.9 Å². The van der Waals surface area contributed by atoms with Crippen LogP contribution in [0.1, 0.15) is 56.3 Å². The molecule has 1 fully saturated rings. The highest BCUT2D eigenvalue weighted by molar-refractivity contribution is 5.20. The normalized spacial score (nSPS) is 24.4. The Labute approximate surface area is 166 Å². The molecule has 2 aromatic heterocycles. The molecule has 0 saturated carbocycles. The van der Waals surface area contributed by atoms with Crippen LogP contribution >= 0.6 is 0 Å². The molecule has 0 aromatic carbocycles. The lowest BCUT2D eigenvalue weighted by molar-refractivity contribution is 0.0795. The predicted octanol–water partition coefficient (Wildman–Crippen LogP) is 3.14. The maximum atomic E-state index is 12.7. The molecule has 5 heteroatoms. The number of likely N-dealkylation sites (tertiary alicyclic amines) is 1. The molecule has 1 saturated heterocycles. The summed E-state index contributed by atoms with van der Waals surface area (Å²) in [5, 5.41) is 0. The molecule has 3 atom stereocenters. The zero-order valence-corrected chi connectivity index (χ0v) is 17.2. The van der Waals surface area contributed by atoms with E-state index in [2.05, 4.69) is 29.4 Å². The molecule has 2 aliphatic heterocycles. The van der Waals surface area contributed by atoms with Crippen molar-refractivity contribution in [1.29, 1.82) is 0 Å². The molecule has 2 aliphatic rings. The Bertz CT molecular complexity index is 959. The van der Waals surface area contributed by atoms with E-state index in [1.165, 1.54) is 5.69 Å². The van der Waals surface area contributed by atoms with Crippen LogP contribution in [0.2, 0.25) is 0 Å². The van der Waals surface area contributed by atoms with Crippen molar-refractivity contribution in [3.63, 3.8) is 0 Å². The van der Waals surface area contributed by atoms with Crippen molar-refractivity contribution in [2.45, 2.75) is 51.6 Å². The minimum atomic E-state index is 0.0891. The molecule has 0 amide bonds. The molecule has 0 spiro atoms. The summed E-state index contributed by atoms with van der Waals surface area (Å²) in [7, 11) is 1.81. The van der Waals surface area contributed by atoms with Gasteiger partial charge in [-0.1, -0.05) is 26.0 Å². The molecular weight excluding hydrogens is 350 g/mol. The summed E-state index contributed by atoms with van der Waals surface area (Å²) in [6.07, 6.45) is 5.13. The van der Waals surface area contributed by atoms with Gasteiger partial charge in [0.1, 0.15) is 0 Å². The van der Waals surface area contributed by atoms with Crippen LogP contribution < -0.4 is 11.1 Å². The Morgan fingerprint density at radius 2 is 1.93 bits per heavy atom. The Kier molecular flexibility index (Phi) is 5.28. The number of hydrogen-bond acceptors (Lipinski definition) is 3. The summed E-state index contributed by atoms with van der Waals surface area (Å²) in [6, 6.07) is 9.90. The SMILES string of the molecule is CC(C)CC[C@H]1[C@H]2C[C@H](CN(Cc3cccn(C)c3=O)C2)c2cccc(=O)n21. The molecule has 4 rings (SSSR count). The van der Waals surface area contributed by atoms with Gasteiger partial charge in [-0.2, -0.15) is 0 Å². The van der Waals surface area contributed by atoms with Crippen LogP contribution in [0, 0.1) is 11.8 Å². The molecule has 2 bridgehead atoms. The van der Waals surface area contributed by atoms with Gasteiger partial charge in [0.15, 0.2) is 0 Å². The van der Waals surface area contributed by atoms with Crippen molar-refractivity contribution in [1.82, 2.24) is 14.0 Å². The zero-order valence-electron chi connectivity index (χ0n) is 17.2. The Hall–Kier alpha value is -2.14. The minimum absolute atomic E-state index is 0.0891. The molecule has 2 aromatic rings. The van der Waals surface area contributed by atoms with Crippen LogP contribution in [0.25, 0.3) is 0 Å². The molecule has 0 aliphatic carbocycles. The number of aromatic nitrogens is 2. The lowest BCUT2D eigenvalue weighted by atomic mass is 9.76. The summed E-state index contributed by atoms with van der Waals surface area (Å²) in [4.78, 5) is 27.6. The molecule has 28 heavy (non-hydrogen) atoms. The Morgan fingerprint density at radius 1 is 1.11 bits per heavy atom. The topological polar surface area (TPSA) is 47.2 Å². The Morgan fingerprint density at radius 3 is 2.71 bits per heavy atom. The van der Waals surface area contributed by atoms with Crippen LogP contribution in [0.4, 0.5) is 0 Å². The van der Waals surface area contributed by atoms with E-state index in [-0.39, 0.29) is 17.2 Å². The van der Waals surface area contributed by atoms with E-state index in [1.807, 2.05) is 18.2 Å². The first-order valence-corrected chi connectivity index (χ1v) is 10.5. The second kappa shape index (κ2) is 7.70. The van der Waals surface area contributed by atoms with E-state index in [1.54, 1.807) is 23.9 Å². The number of rotatable bonds is 5. The summed E-state index contributed by atoms with van der Waals surface area (Å²) in [5.74, 6) is 1.47. The van der Waals surface area contributed by atoms with E-state index >= 15 is 0 Å². The monoisotopic (exact) mass is 381 g/mol. The predicted molar refractivity (Wildman–Crippen MR) is 112 cm³/mol. The Balaban J connectivity index is 1.64. The quantitative estimate of drug-likeness (QED) is 0.799. The first-order chi connectivity index (χ1) is 13.4. The number of nitrogens with zero attached hydrogens (tertiary/aromatic N) is 3. The summed E-state index contributed by atoms with van der Waals surface area (Å²) >= 11 is 0. The van der Waals surface area contributed by atoms with E-state index in [9.17, 15) is 9.59 Å². The molecule has 5 nitrogen and oxygen atoms in total. The molecule has 0 radical (unpaired) electrons. The number of fused-ring (bicyclic) bond motifs is 4. The van der Waals surface area contributed by atoms with Crippen molar-refractivity contribution in [2.75, 3.05) is 13.1 Å². The van der Waals surface area contributed by atoms with Gasteiger partial charge in [0.05, 0.1) is 0 Å². The molecule has 150 valence electrons. The van der Waals surface area contributed by atoms with Crippen molar-refractivity contribution in [3.8, 4) is 0 Å². The average molecular weight is 382 g/mol. The third-order valence-electron chi connectivity index (χ3n) is 6.51. The maximum Gasteiger partial charge on any atom is 0.254 e. The number of pyridine rings is 2. The maximum absolute atomic E-state index is 12.7. The van der Waals surface area contributed by atoms with Gasteiger partial charge in [-0.05, 0) is 43.2 Å². The van der Waals surface area contributed by atoms with Crippen LogP contribution in [0.5, 0.6) is 0 Å². The zero-order chi connectivity index (χ0) is 19.8. The van der Waals surface area contributed by atoms with Crippen LogP contribution in [-0.4, -0.2) is 27.1 Å². The summed E-state index contributed by atoms with van der Waals surface area (Å²) < 4.78 is 3.75. The van der Waals surface area contributed by atoms with Crippen molar-refractivity contribution >= 4 is 0 Å². The highest BCUT2D eigenvalue weighted by atomic mass is 16.1. The molecule has 0 unspecified atom stereocenters. The van der Waals surface area contributed by atoms with Crippen molar-refractivity contribution in [3.05, 3.63) is 68.5 Å². The number of piperidine rings is 1. The van der Waals surface area contributed by atoms with Gasteiger partial charge >= 0.3 is 0 Å². The fourth-order valence-corrected chi connectivity index (χ4v) is 5.15. The van der Waals surface area contributed by atoms with Crippen LogP contribution in [-0.2, 0) is 13.6 Å². The van der Waals surface area contributed by atoms with Gasteiger partial charge in [-0.15, -0.1) is 0 Å². The van der Waals surface area contributed by atoms with Gasteiger partial charge in [0.2, 0.25) is 0 Å². The van der Waals surface area contributed by atoms with Gasteiger partial charge in [-0.3, -0.25) is 14.5 Å². The van der Waals surface area contributed by atoms with E-state index < -0.39 is 0 Å². The van der Waals surface area contributed by atoms with E-state index in [4.69, 9.17) is 0 Å². The second-order valence-corrected chi connectivity index (χ2v) is 9.03. The first kappa shape index (κ1) is 19.2. The highest BCUT2D eigenvalue weighted by Crippen LogP contribution is 2.43. The van der Waals surface area contributed by atoms with Gasteiger partial charge in [-0.25, -0.2) is 0 Å². The first-order valence-electron chi connectivity index (χ1n) is 10.5. The smallest absolute Gasteiger partial charge is 0.254 e. The molecule has 0 N–H and O–H groups in total. The van der Waals surface area contributed by atoms with Gasteiger partial charge < -0.3 is 9.13 Å². The lowest BCUT2D eigenvalue weighted by Gasteiger charge is -2.47. The van der Waals surface area contributed by atoms with Crippen LogP contribution in [0.3, 0.4) is 0 Å². The molecule has 4 heterocycles. The van der Waals surface area contributed by atoms with Crippen molar-refractivity contribution < 1.29 is 0 Å². The van der Waals surface area contributed by atoms with E-state index in [0.29, 0.717) is 24.3 Å². The van der Waals surface area contributed by atoms with Crippen LogP contribution in [0.15, 0.2) is 46.1 Å². The fraction of sp³-hybridized carbons (Fsp3) is 0.565. The number of hydrogen-bond donors (Lipinski definition) is 0. The summed E-state index contributed by atoms with van der Waals surface area (Å²) in [5.41, 5.74) is 2.27. The number of aryl methyl sites for hydroxylation is 1. The second-order valence-electron chi connectivity index (χ2n) is 9.03.